The van der Waals surface area contributed by atoms with Crippen LogP contribution in [0.1, 0.15) is 84.5 Å². The van der Waals surface area contributed by atoms with Crippen molar-refractivity contribution in [2.45, 2.75) is 88.6 Å². The molecule has 0 radical (unpaired) electrons. The smallest absolute Gasteiger partial charge is 0.162 e. The molecule has 1 atom stereocenters. The largest absolute Gasteiger partial charge is 0.228 e. The highest BCUT2D eigenvalue weighted by molar-refractivity contribution is 8.14. The van der Waals surface area contributed by atoms with Crippen LogP contribution >= 0.6 is 11.8 Å². The van der Waals surface area contributed by atoms with Crippen LogP contribution in [0, 0.1) is 0 Å². The lowest BCUT2D eigenvalue weighted by atomic mass is 10.1. The summed E-state index contributed by atoms with van der Waals surface area (Å²) in [5.74, 6) is 0. The van der Waals surface area contributed by atoms with E-state index in [1.807, 2.05) is 13.2 Å². The number of sulfone groups is 1. The van der Waals surface area contributed by atoms with Crippen LogP contribution in [0.15, 0.2) is 0 Å². The maximum atomic E-state index is 11.8. The van der Waals surface area contributed by atoms with Crippen LogP contribution in [-0.2, 0) is 9.84 Å². The van der Waals surface area contributed by atoms with Gasteiger partial charge in [-0.3, -0.25) is 0 Å². The third kappa shape index (κ3) is 8.56. The molecule has 0 aromatic heterocycles. The molecule has 0 rings (SSSR count). The van der Waals surface area contributed by atoms with E-state index in [0.717, 1.165) is 12.8 Å². The number of hydrogen-bond acceptors (Lipinski definition) is 3. The van der Waals surface area contributed by atoms with Gasteiger partial charge in [-0.15, -0.1) is 11.8 Å². The van der Waals surface area contributed by atoms with Gasteiger partial charge in [0.1, 0.15) is 4.08 Å². The SMILES string of the molecule is CCCCCCCCCCCCC(C)(SC)S(C)(=O)=O. The predicted molar refractivity (Wildman–Crippen MR) is 93.2 cm³/mol. The Morgan fingerprint density at radius 1 is 0.850 bits per heavy atom. The van der Waals surface area contributed by atoms with Crippen molar-refractivity contribution < 1.29 is 8.42 Å². The monoisotopic (exact) mass is 322 g/mol. The van der Waals surface area contributed by atoms with Gasteiger partial charge in [-0.1, -0.05) is 71.1 Å². The highest BCUT2D eigenvalue weighted by Crippen LogP contribution is 2.33. The average molecular weight is 323 g/mol. The van der Waals surface area contributed by atoms with Gasteiger partial charge < -0.3 is 0 Å². The molecular formula is C16H34O2S2. The van der Waals surface area contributed by atoms with Gasteiger partial charge in [0.2, 0.25) is 0 Å². The zero-order chi connectivity index (χ0) is 15.5. The van der Waals surface area contributed by atoms with Crippen LogP contribution in [0.5, 0.6) is 0 Å². The molecule has 0 aliphatic heterocycles. The van der Waals surface area contributed by atoms with Gasteiger partial charge in [-0.2, -0.15) is 0 Å². The molecule has 0 fully saturated rings. The Kier molecular flexibility index (Phi) is 11.1. The number of unbranched alkanes of at least 4 members (excludes halogenated alkanes) is 9. The van der Waals surface area contributed by atoms with Crippen molar-refractivity contribution in [1.29, 1.82) is 0 Å². The third-order valence-electron chi connectivity index (χ3n) is 4.20. The first-order chi connectivity index (χ1) is 9.37. The Balaban J connectivity index is 3.57. The van der Waals surface area contributed by atoms with E-state index in [4.69, 9.17) is 0 Å². The van der Waals surface area contributed by atoms with Gasteiger partial charge in [0.15, 0.2) is 9.84 Å². The van der Waals surface area contributed by atoms with E-state index < -0.39 is 13.9 Å². The van der Waals surface area contributed by atoms with Gasteiger partial charge in [0.25, 0.3) is 0 Å². The summed E-state index contributed by atoms with van der Waals surface area (Å²) >= 11 is 1.47. The van der Waals surface area contributed by atoms with Crippen LogP contribution < -0.4 is 0 Å². The van der Waals surface area contributed by atoms with Crippen LogP contribution in [0.4, 0.5) is 0 Å². The van der Waals surface area contributed by atoms with E-state index in [1.54, 1.807) is 0 Å². The molecule has 0 N–H and O–H groups in total. The Morgan fingerprint density at radius 3 is 1.60 bits per heavy atom. The summed E-state index contributed by atoms with van der Waals surface area (Å²) in [7, 11) is -2.96. The van der Waals surface area contributed by atoms with Gasteiger partial charge >= 0.3 is 0 Å². The minimum Gasteiger partial charge on any atom is -0.228 e. The summed E-state index contributed by atoms with van der Waals surface area (Å²) < 4.78 is 22.9. The topological polar surface area (TPSA) is 34.1 Å². The molecule has 0 bridgehead atoms. The van der Waals surface area contributed by atoms with E-state index in [9.17, 15) is 8.42 Å². The molecule has 20 heavy (non-hydrogen) atoms. The van der Waals surface area contributed by atoms with E-state index in [2.05, 4.69) is 6.92 Å². The normalized spacial score (nSPS) is 15.2. The van der Waals surface area contributed by atoms with Crippen molar-refractivity contribution in [2.24, 2.45) is 0 Å². The molecule has 0 amide bonds. The summed E-state index contributed by atoms with van der Waals surface area (Å²) in [4.78, 5) is 0. The molecule has 0 aliphatic rings. The van der Waals surface area contributed by atoms with Crippen molar-refractivity contribution in [1.82, 2.24) is 0 Å². The molecule has 1 unspecified atom stereocenters. The van der Waals surface area contributed by atoms with Crippen LogP contribution in [0.2, 0.25) is 0 Å². The van der Waals surface area contributed by atoms with Crippen LogP contribution in [0.25, 0.3) is 0 Å². The first-order valence-electron chi connectivity index (χ1n) is 8.12. The van der Waals surface area contributed by atoms with Crippen molar-refractivity contribution in [3.05, 3.63) is 0 Å². The van der Waals surface area contributed by atoms with Gasteiger partial charge in [0.05, 0.1) is 0 Å². The molecule has 4 heteroatoms. The molecule has 0 saturated heterocycles. The Bertz CT molecular complexity index is 325. The second-order valence-electron chi connectivity index (χ2n) is 6.04. The molecular weight excluding hydrogens is 288 g/mol. The quantitative estimate of drug-likeness (QED) is 0.424. The molecule has 2 nitrogen and oxygen atoms in total. The number of hydrogen-bond donors (Lipinski definition) is 0. The van der Waals surface area contributed by atoms with E-state index >= 15 is 0 Å². The zero-order valence-electron chi connectivity index (χ0n) is 13.9. The highest BCUT2D eigenvalue weighted by atomic mass is 32.3. The van der Waals surface area contributed by atoms with E-state index in [-0.39, 0.29) is 0 Å². The molecule has 0 aromatic carbocycles. The maximum absolute atomic E-state index is 11.8. The lowest BCUT2D eigenvalue weighted by Crippen LogP contribution is -2.30. The van der Waals surface area contributed by atoms with Gasteiger partial charge in [0, 0.05) is 6.26 Å². The average Bonchev–Trinajstić information content (AvgIpc) is 2.39. The number of rotatable bonds is 13. The molecule has 0 heterocycles. The summed E-state index contributed by atoms with van der Waals surface area (Å²) in [5, 5.41) is 0. The summed E-state index contributed by atoms with van der Waals surface area (Å²) in [6.07, 6.45) is 17.0. The minimum absolute atomic E-state index is 0.590. The van der Waals surface area contributed by atoms with Crippen molar-refractivity contribution in [2.75, 3.05) is 12.5 Å². The highest BCUT2D eigenvalue weighted by Gasteiger charge is 2.33. The van der Waals surface area contributed by atoms with Crippen molar-refractivity contribution in [3.8, 4) is 0 Å². The molecule has 122 valence electrons. The maximum Gasteiger partial charge on any atom is 0.162 e. The van der Waals surface area contributed by atoms with E-state index in [0.29, 0.717) is 0 Å². The Morgan fingerprint density at radius 2 is 1.25 bits per heavy atom. The van der Waals surface area contributed by atoms with Gasteiger partial charge in [-0.05, 0) is 19.6 Å². The summed E-state index contributed by atoms with van der Waals surface area (Å²) in [6, 6.07) is 0. The van der Waals surface area contributed by atoms with Gasteiger partial charge in [-0.25, -0.2) is 8.42 Å². The fraction of sp³-hybridized carbons (Fsp3) is 1.00. The Hall–Kier alpha value is 0.300. The molecule has 0 aromatic rings. The fourth-order valence-corrected chi connectivity index (χ4v) is 4.45. The van der Waals surface area contributed by atoms with Crippen molar-refractivity contribution >= 4 is 21.6 Å². The van der Waals surface area contributed by atoms with E-state index in [1.165, 1.54) is 75.8 Å². The second kappa shape index (κ2) is 10.9. The lowest BCUT2D eigenvalue weighted by Gasteiger charge is -2.25. The minimum atomic E-state index is -2.96. The first-order valence-corrected chi connectivity index (χ1v) is 11.2. The summed E-state index contributed by atoms with van der Waals surface area (Å²) in [5.41, 5.74) is 0. The lowest BCUT2D eigenvalue weighted by molar-refractivity contribution is 0.533. The fourth-order valence-electron chi connectivity index (χ4n) is 2.37. The Labute approximate surface area is 131 Å². The summed E-state index contributed by atoms with van der Waals surface area (Å²) in [6.45, 7) is 4.11. The number of thioether (sulfide) groups is 1. The zero-order valence-corrected chi connectivity index (χ0v) is 15.5. The second-order valence-corrected chi connectivity index (χ2v) is 10.1. The molecule has 0 aliphatic carbocycles. The first kappa shape index (κ1) is 20.3. The third-order valence-corrected chi connectivity index (χ3v) is 8.45. The predicted octanol–water partition coefficient (Wildman–Crippen LogP) is 5.42. The van der Waals surface area contributed by atoms with Crippen LogP contribution in [0.3, 0.4) is 0 Å². The van der Waals surface area contributed by atoms with Crippen LogP contribution in [-0.4, -0.2) is 25.0 Å². The van der Waals surface area contributed by atoms with Crippen molar-refractivity contribution in [3.63, 3.8) is 0 Å². The standard InChI is InChI=1S/C16H34O2S2/c1-5-6-7-8-9-10-11-12-13-14-15-16(2,19-3)20(4,17)18/h5-15H2,1-4H3. The molecule has 0 spiro atoms. The molecule has 0 saturated carbocycles.